The molecule has 7 heteroatoms. The Kier molecular flexibility index (Phi) is 6.04. The van der Waals surface area contributed by atoms with Crippen LogP contribution in [0.2, 0.25) is 0 Å². The van der Waals surface area contributed by atoms with Crippen molar-refractivity contribution in [1.82, 2.24) is 10.0 Å². The summed E-state index contributed by atoms with van der Waals surface area (Å²) in [6.45, 7) is 5.34. The van der Waals surface area contributed by atoms with Crippen LogP contribution in [0.15, 0.2) is 29.2 Å². The smallest absolute Gasteiger partial charge is 0.241 e. The Morgan fingerprint density at radius 3 is 2.48 bits per heavy atom. The Morgan fingerprint density at radius 1 is 1.24 bits per heavy atom. The molecule has 0 radical (unpaired) electrons. The molecule has 0 aliphatic rings. The molecule has 0 heterocycles. The normalized spacial score (nSPS) is 12.7. The lowest BCUT2D eigenvalue weighted by Crippen LogP contribution is -2.44. The topological polar surface area (TPSA) is 92.3 Å². The number of carbonyl (C=O) groups excluding carboxylic acids is 2. The second-order valence-electron chi connectivity index (χ2n) is 4.54. The van der Waals surface area contributed by atoms with Crippen molar-refractivity contribution in [2.45, 2.75) is 38.1 Å². The van der Waals surface area contributed by atoms with E-state index in [0.717, 1.165) is 0 Å². The molecule has 6 nitrogen and oxygen atoms in total. The third-order valence-corrected chi connectivity index (χ3v) is 4.40. The first kappa shape index (κ1) is 17.3. The molecule has 1 unspecified atom stereocenters. The van der Waals surface area contributed by atoms with Crippen LogP contribution < -0.4 is 10.0 Å². The van der Waals surface area contributed by atoms with E-state index < -0.39 is 22.0 Å². The van der Waals surface area contributed by atoms with E-state index in [0.29, 0.717) is 18.5 Å². The Morgan fingerprint density at radius 2 is 1.90 bits per heavy atom. The Hall–Kier alpha value is -1.73. The van der Waals surface area contributed by atoms with Crippen LogP contribution in [-0.4, -0.2) is 32.7 Å². The van der Waals surface area contributed by atoms with Gasteiger partial charge in [0.15, 0.2) is 5.78 Å². The fourth-order valence-electron chi connectivity index (χ4n) is 1.72. The van der Waals surface area contributed by atoms with Crippen LogP contribution in [0.25, 0.3) is 0 Å². The maximum atomic E-state index is 12.2. The minimum atomic E-state index is -3.85. The van der Waals surface area contributed by atoms with E-state index in [4.69, 9.17) is 0 Å². The van der Waals surface area contributed by atoms with Crippen molar-refractivity contribution >= 4 is 21.7 Å². The number of likely N-dealkylation sites (N-methyl/N-ethyl adjacent to an activating group) is 1. The van der Waals surface area contributed by atoms with Crippen LogP contribution in [0.5, 0.6) is 0 Å². The van der Waals surface area contributed by atoms with Gasteiger partial charge in [-0.1, -0.05) is 19.1 Å². The van der Waals surface area contributed by atoms with Gasteiger partial charge in [-0.2, -0.15) is 4.72 Å². The van der Waals surface area contributed by atoms with E-state index >= 15 is 0 Å². The van der Waals surface area contributed by atoms with Gasteiger partial charge >= 0.3 is 0 Å². The van der Waals surface area contributed by atoms with E-state index in [2.05, 4.69) is 10.0 Å². The molecule has 1 aromatic rings. The lowest BCUT2D eigenvalue weighted by atomic mass is 10.1. The van der Waals surface area contributed by atoms with Crippen LogP contribution in [-0.2, 0) is 14.8 Å². The summed E-state index contributed by atoms with van der Waals surface area (Å²) in [4.78, 5) is 23.2. The Bertz CT molecular complexity index is 626. The monoisotopic (exact) mass is 312 g/mol. The summed E-state index contributed by atoms with van der Waals surface area (Å²) in [5.74, 6) is -0.536. The van der Waals surface area contributed by atoms with Gasteiger partial charge in [0.05, 0.1) is 10.9 Å². The van der Waals surface area contributed by atoms with Gasteiger partial charge in [-0.25, -0.2) is 8.42 Å². The Balaban J connectivity index is 2.98. The standard InChI is InChI=1S/C14H20N2O4S/c1-4-13(17)11-7-6-8-12(9-11)21(19,20)16-10(3)14(18)15-5-2/h6-10,16H,4-5H2,1-3H3,(H,15,18). The van der Waals surface area contributed by atoms with E-state index in [1.807, 2.05) is 0 Å². The summed E-state index contributed by atoms with van der Waals surface area (Å²) in [5, 5.41) is 2.54. The van der Waals surface area contributed by atoms with Crippen molar-refractivity contribution in [2.75, 3.05) is 6.54 Å². The number of carbonyl (C=O) groups is 2. The van der Waals surface area contributed by atoms with Crippen LogP contribution in [0.1, 0.15) is 37.6 Å². The summed E-state index contributed by atoms with van der Waals surface area (Å²) < 4.78 is 26.7. The van der Waals surface area contributed by atoms with E-state index in [-0.39, 0.29) is 10.7 Å². The van der Waals surface area contributed by atoms with Crippen LogP contribution in [0, 0.1) is 0 Å². The van der Waals surface area contributed by atoms with Crippen molar-refractivity contribution < 1.29 is 18.0 Å². The van der Waals surface area contributed by atoms with Crippen molar-refractivity contribution in [2.24, 2.45) is 0 Å². The number of hydrogen-bond donors (Lipinski definition) is 2. The molecule has 1 amide bonds. The fraction of sp³-hybridized carbons (Fsp3) is 0.429. The van der Waals surface area contributed by atoms with Crippen LogP contribution in [0.4, 0.5) is 0 Å². The molecule has 0 fully saturated rings. The molecule has 0 aromatic heterocycles. The zero-order chi connectivity index (χ0) is 16.0. The van der Waals surface area contributed by atoms with E-state index in [1.54, 1.807) is 19.9 Å². The predicted molar refractivity (Wildman–Crippen MR) is 79.5 cm³/mol. The van der Waals surface area contributed by atoms with E-state index in [1.165, 1.54) is 25.1 Å². The summed E-state index contributed by atoms with van der Waals surface area (Å²) in [5.41, 5.74) is 0.339. The molecule has 2 N–H and O–H groups in total. The molecule has 1 aromatic carbocycles. The predicted octanol–water partition coefficient (Wildman–Crippen LogP) is 1.08. The number of ketones is 1. The molecule has 21 heavy (non-hydrogen) atoms. The molecule has 0 bridgehead atoms. The highest BCUT2D eigenvalue weighted by molar-refractivity contribution is 7.89. The zero-order valence-electron chi connectivity index (χ0n) is 12.3. The fourth-order valence-corrected chi connectivity index (χ4v) is 2.97. The Labute approximate surface area is 125 Å². The number of amides is 1. The number of Topliss-reactive ketones (excluding diaryl/α,β-unsaturated/α-hetero) is 1. The summed E-state index contributed by atoms with van der Waals surface area (Å²) in [6.07, 6.45) is 0.298. The van der Waals surface area contributed by atoms with Gasteiger partial charge in [-0.05, 0) is 26.0 Å². The van der Waals surface area contributed by atoms with Crippen molar-refractivity contribution in [3.8, 4) is 0 Å². The lowest BCUT2D eigenvalue weighted by molar-refractivity contribution is -0.122. The van der Waals surface area contributed by atoms with Gasteiger partial charge in [0.1, 0.15) is 0 Å². The number of sulfonamides is 1. The van der Waals surface area contributed by atoms with Crippen molar-refractivity contribution in [1.29, 1.82) is 0 Å². The van der Waals surface area contributed by atoms with Crippen molar-refractivity contribution in [3.05, 3.63) is 29.8 Å². The first-order valence-corrected chi connectivity index (χ1v) is 8.23. The largest absolute Gasteiger partial charge is 0.355 e. The SMILES string of the molecule is CCNC(=O)C(C)NS(=O)(=O)c1cccc(C(=O)CC)c1. The molecule has 1 rings (SSSR count). The minimum absolute atomic E-state index is 0.0297. The summed E-state index contributed by atoms with van der Waals surface area (Å²) >= 11 is 0. The number of hydrogen-bond acceptors (Lipinski definition) is 4. The average molecular weight is 312 g/mol. The average Bonchev–Trinajstić information content (AvgIpc) is 2.46. The van der Waals surface area contributed by atoms with Gasteiger partial charge in [0, 0.05) is 18.5 Å². The highest BCUT2D eigenvalue weighted by Crippen LogP contribution is 2.13. The molecular formula is C14H20N2O4S. The summed E-state index contributed by atoms with van der Waals surface area (Å²) in [6, 6.07) is 4.89. The highest BCUT2D eigenvalue weighted by atomic mass is 32.2. The van der Waals surface area contributed by atoms with Gasteiger partial charge in [-0.3, -0.25) is 9.59 Å². The van der Waals surface area contributed by atoms with Gasteiger partial charge in [0.25, 0.3) is 0 Å². The summed E-state index contributed by atoms with van der Waals surface area (Å²) in [7, 11) is -3.85. The number of benzene rings is 1. The van der Waals surface area contributed by atoms with Gasteiger partial charge < -0.3 is 5.32 Å². The molecule has 116 valence electrons. The molecule has 0 aliphatic carbocycles. The maximum Gasteiger partial charge on any atom is 0.241 e. The molecule has 0 aliphatic heterocycles. The molecule has 1 atom stereocenters. The van der Waals surface area contributed by atoms with Crippen LogP contribution >= 0.6 is 0 Å². The molecule has 0 spiro atoms. The van der Waals surface area contributed by atoms with Gasteiger partial charge in [-0.15, -0.1) is 0 Å². The third kappa shape index (κ3) is 4.64. The first-order chi connectivity index (χ1) is 9.81. The van der Waals surface area contributed by atoms with Gasteiger partial charge in [0.2, 0.25) is 15.9 Å². The molecule has 0 saturated heterocycles. The second-order valence-corrected chi connectivity index (χ2v) is 6.26. The molecular weight excluding hydrogens is 292 g/mol. The minimum Gasteiger partial charge on any atom is -0.355 e. The van der Waals surface area contributed by atoms with E-state index in [9.17, 15) is 18.0 Å². The highest BCUT2D eigenvalue weighted by Gasteiger charge is 2.22. The first-order valence-electron chi connectivity index (χ1n) is 6.75. The number of rotatable bonds is 7. The van der Waals surface area contributed by atoms with Crippen molar-refractivity contribution in [3.63, 3.8) is 0 Å². The molecule has 0 saturated carbocycles. The second kappa shape index (κ2) is 7.33. The maximum absolute atomic E-state index is 12.2. The van der Waals surface area contributed by atoms with Crippen LogP contribution in [0.3, 0.4) is 0 Å². The third-order valence-electron chi connectivity index (χ3n) is 2.86. The zero-order valence-corrected chi connectivity index (χ0v) is 13.2. The number of nitrogens with one attached hydrogen (secondary N) is 2. The lowest BCUT2D eigenvalue weighted by Gasteiger charge is -2.14. The quantitative estimate of drug-likeness (QED) is 0.737.